The molecule has 166 valence electrons. The van der Waals surface area contributed by atoms with E-state index in [1.165, 1.54) is 19.3 Å². The number of carbonyl (C=O) groups is 1. The highest BCUT2D eigenvalue weighted by molar-refractivity contribution is 7.89. The van der Waals surface area contributed by atoms with Gasteiger partial charge in [0.1, 0.15) is 18.8 Å². The smallest absolute Gasteiger partial charge is 0.240 e. The first-order valence-electron chi connectivity index (χ1n) is 10.5. The van der Waals surface area contributed by atoms with Crippen LogP contribution in [0.1, 0.15) is 32.3 Å². The number of anilines is 2. The zero-order valence-electron chi connectivity index (χ0n) is 17.7. The highest BCUT2D eigenvalue weighted by atomic mass is 32.2. The van der Waals surface area contributed by atoms with Gasteiger partial charge < -0.3 is 14.5 Å². The lowest BCUT2D eigenvalue weighted by Crippen LogP contribution is -2.33. The molecule has 1 N–H and O–H groups in total. The van der Waals surface area contributed by atoms with E-state index in [4.69, 9.17) is 4.74 Å². The van der Waals surface area contributed by atoms with Crippen LogP contribution in [0.2, 0.25) is 0 Å². The number of nitrogens with one attached hydrogen (secondary N) is 1. The van der Waals surface area contributed by atoms with Gasteiger partial charge in [-0.25, -0.2) is 23.1 Å². The zero-order valence-corrected chi connectivity index (χ0v) is 18.6. The maximum atomic E-state index is 12.7. The minimum Gasteiger partial charge on any atom is -0.476 e. The molecular formula is C21H27N5O4S. The summed E-state index contributed by atoms with van der Waals surface area (Å²) in [5, 5.41) is 0. The van der Waals surface area contributed by atoms with Crippen molar-refractivity contribution in [3.05, 3.63) is 36.2 Å². The fourth-order valence-corrected chi connectivity index (χ4v) is 5.26. The summed E-state index contributed by atoms with van der Waals surface area (Å²) in [7, 11) is -3.69. The summed E-state index contributed by atoms with van der Waals surface area (Å²) in [6.07, 6.45) is 4.39. The van der Waals surface area contributed by atoms with Crippen molar-refractivity contribution in [3.63, 3.8) is 0 Å². The van der Waals surface area contributed by atoms with E-state index < -0.39 is 10.0 Å². The molecule has 2 aromatic rings. The number of carbonyl (C=O) groups excluding carboxylic acids is 1. The number of sulfonamides is 1. The van der Waals surface area contributed by atoms with Gasteiger partial charge >= 0.3 is 0 Å². The Labute approximate surface area is 182 Å². The van der Waals surface area contributed by atoms with Gasteiger partial charge in [-0.05, 0) is 49.9 Å². The number of hydrogen-bond acceptors (Lipinski definition) is 7. The predicted molar refractivity (Wildman–Crippen MR) is 117 cm³/mol. The Morgan fingerprint density at radius 1 is 1.23 bits per heavy atom. The second-order valence-corrected chi connectivity index (χ2v) is 9.65. The van der Waals surface area contributed by atoms with Gasteiger partial charge in [-0.2, -0.15) is 0 Å². The molecule has 9 nitrogen and oxygen atoms in total. The second-order valence-electron chi connectivity index (χ2n) is 7.89. The van der Waals surface area contributed by atoms with Crippen molar-refractivity contribution < 1.29 is 17.9 Å². The molecule has 1 aromatic carbocycles. The molecule has 2 aliphatic heterocycles. The molecular weight excluding hydrogens is 418 g/mol. The summed E-state index contributed by atoms with van der Waals surface area (Å²) < 4.78 is 33.6. The highest BCUT2D eigenvalue weighted by Gasteiger charge is 2.30. The summed E-state index contributed by atoms with van der Waals surface area (Å²) in [5.74, 6) is 1.21. The number of aromatic nitrogens is 2. The Hall–Kier alpha value is -2.72. The molecule has 0 radical (unpaired) electrons. The first kappa shape index (κ1) is 21.5. The van der Waals surface area contributed by atoms with Gasteiger partial charge in [0.2, 0.25) is 21.8 Å². The first-order valence-corrected chi connectivity index (χ1v) is 12.0. The normalized spacial score (nSPS) is 18.3. The number of rotatable bonds is 7. The van der Waals surface area contributed by atoms with Gasteiger partial charge in [-0.3, -0.25) is 4.79 Å². The number of ether oxygens (including phenoxy) is 1. The number of benzene rings is 1. The van der Waals surface area contributed by atoms with Crippen LogP contribution >= 0.6 is 0 Å². The van der Waals surface area contributed by atoms with Gasteiger partial charge in [-0.15, -0.1) is 0 Å². The number of amides is 1. The molecule has 0 aliphatic carbocycles. The molecule has 0 unspecified atom stereocenters. The first-order chi connectivity index (χ1) is 14.8. The molecule has 1 saturated heterocycles. The van der Waals surface area contributed by atoms with Gasteiger partial charge in [0, 0.05) is 44.4 Å². The monoisotopic (exact) mass is 445 g/mol. The van der Waals surface area contributed by atoms with Crippen LogP contribution in [0.5, 0.6) is 5.88 Å². The third kappa shape index (κ3) is 4.64. The molecule has 31 heavy (non-hydrogen) atoms. The van der Waals surface area contributed by atoms with E-state index in [9.17, 15) is 13.2 Å². The zero-order chi connectivity index (χ0) is 22.0. The Balaban J connectivity index is 1.35. The molecule has 3 heterocycles. The third-order valence-corrected chi connectivity index (χ3v) is 7.08. The van der Waals surface area contributed by atoms with Crippen LogP contribution < -0.4 is 19.3 Å². The number of nitrogens with zero attached hydrogens (tertiary/aromatic N) is 4. The molecule has 0 spiro atoms. The molecule has 10 heteroatoms. The Morgan fingerprint density at radius 3 is 2.74 bits per heavy atom. The van der Waals surface area contributed by atoms with Crippen LogP contribution in [0.3, 0.4) is 0 Å². The van der Waals surface area contributed by atoms with E-state index in [1.807, 2.05) is 6.92 Å². The van der Waals surface area contributed by atoms with Crippen molar-refractivity contribution in [1.29, 1.82) is 0 Å². The minimum absolute atomic E-state index is 0.0186. The molecule has 1 amide bonds. The standard InChI is InChI=1S/C21H27N5O4S/c1-15-11-17-12-18(5-6-19(17)26(15)16(2)27)31(28,29)24-7-10-30-21-13-20(22-14-23-21)25-8-3-4-9-25/h5-6,12-15,24H,3-4,7-11H2,1-2H3/t15-/m0/s1. The van der Waals surface area contributed by atoms with E-state index in [-0.39, 0.29) is 30.0 Å². The third-order valence-electron chi connectivity index (χ3n) is 5.62. The average Bonchev–Trinajstić information content (AvgIpc) is 3.38. The summed E-state index contributed by atoms with van der Waals surface area (Å²) in [5.41, 5.74) is 1.64. The van der Waals surface area contributed by atoms with E-state index in [1.54, 1.807) is 23.1 Å². The van der Waals surface area contributed by atoms with Crippen molar-refractivity contribution in [2.75, 3.05) is 36.0 Å². The van der Waals surface area contributed by atoms with E-state index in [2.05, 4.69) is 19.6 Å². The Morgan fingerprint density at radius 2 is 2.00 bits per heavy atom. The number of fused-ring (bicyclic) bond motifs is 1. The average molecular weight is 446 g/mol. The van der Waals surface area contributed by atoms with E-state index >= 15 is 0 Å². The summed E-state index contributed by atoms with van der Waals surface area (Å²) >= 11 is 0. The fourth-order valence-electron chi connectivity index (χ4n) is 4.20. The molecule has 1 atom stereocenters. The fraction of sp³-hybridized carbons (Fsp3) is 0.476. The van der Waals surface area contributed by atoms with Crippen LogP contribution in [0, 0.1) is 0 Å². The highest BCUT2D eigenvalue weighted by Crippen LogP contribution is 2.33. The molecule has 2 aliphatic rings. The lowest BCUT2D eigenvalue weighted by molar-refractivity contribution is -0.116. The van der Waals surface area contributed by atoms with E-state index in [0.717, 1.165) is 43.0 Å². The van der Waals surface area contributed by atoms with Crippen molar-refractivity contribution >= 4 is 27.4 Å². The topological polar surface area (TPSA) is 105 Å². The summed E-state index contributed by atoms with van der Waals surface area (Å²) in [6, 6.07) is 6.67. The minimum atomic E-state index is -3.69. The largest absolute Gasteiger partial charge is 0.476 e. The quantitative estimate of drug-likeness (QED) is 0.647. The van der Waals surface area contributed by atoms with E-state index in [0.29, 0.717) is 12.3 Å². The Kier molecular flexibility index (Phi) is 6.10. The van der Waals surface area contributed by atoms with Crippen molar-refractivity contribution in [2.24, 2.45) is 0 Å². The van der Waals surface area contributed by atoms with Crippen molar-refractivity contribution in [3.8, 4) is 5.88 Å². The van der Waals surface area contributed by atoms with Crippen LogP contribution in [0.4, 0.5) is 11.5 Å². The summed E-state index contributed by atoms with van der Waals surface area (Å²) in [6.45, 7) is 5.67. The predicted octanol–water partition coefficient (Wildman–Crippen LogP) is 1.73. The Bertz CT molecular complexity index is 1070. The van der Waals surface area contributed by atoms with Crippen molar-refractivity contribution in [2.45, 2.75) is 44.0 Å². The second kappa shape index (κ2) is 8.80. The number of hydrogen-bond donors (Lipinski definition) is 1. The van der Waals surface area contributed by atoms with Gasteiger partial charge in [-0.1, -0.05) is 0 Å². The maximum Gasteiger partial charge on any atom is 0.240 e. The maximum absolute atomic E-state index is 12.7. The summed E-state index contributed by atoms with van der Waals surface area (Å²) in [4.78, 5) is 24.3. The van der Waals surface area contributed by atoms with Gasteiger partial charge in [0.15, 0.2) is 0 Å². The molecule has 1 fully saturated rings. The molecule has 0 bridgehead atoms. The molecule has 0 saturated carbocycles. The van der Waals surface area contributed by atoms with Crippen LogP contribution in [0.15, 0.2) is 35.5 Å². The SMILES string of the molecule is CC(=O)N1c2ccc(S(=O)(=O)NCCOc3cc(N4CCCC4)ncn3)cc2C[C@@H]1C. The lowest BCUT2D eigenvalue weighted by Gasteiger charge is -2.20. The lowest BCUT2D eigenvalue weighted by atomic mass is 10.1. The van der Waals surface area contributed by atoms with Gasteiger partial charge in [0.25, 0.3) is 0 Å². The van der Waals surface area contributed by atoms with Crippen LogP contribution in [0.25, 0.3) is 0 Å². The van der Waals surface area contributed by atoms with Crippen LogP contribution in [-0.2, 0) is 21.2 Å². The van der Waals surface area contributed by atoms with Crippen molar-refractivity contribution in [1.82, 2.24) is 14.7 Å². The van der Waals surface area contributed by atoms with Crippen LogP contribution in [-0.4, -0.2) is 56.6 Å². The molecule has 4 rings (SSSR count). The molecule has 1 aromatic heterocycles. The van der Waals surface area contributed by atoms with Gasteiger partial charge in [0.05, 0.1) is 4.90 Å².